The highest BCUT2D eigenvalue weighted by molar-refractivity contribution is 5.75. The highest BCUT2D eigenvalue weighted by Crippen LogP contribution is 2.28. The lowest BCUT2D eigenvalue weighted by molar-refractivity contribution is 0.151. The number of amides is 2. The molecule has 25 heavy (non-hydrogen) atoms. The van der Waals surface area contributed by atoms with E-state index in [0.29, 0.717) is 6.54 Å². The van der Waals surface area contributed by atoms with Crippen LogP contribution in [-0.2, 0) is 4.74 Å². The zero-order valence-electron chi connectivity index (χ0n) is 14.8. The summed E-state index contributed by atoms with van der Waals surface area (Å²) in [6, 6.07) is 8.12. The summed E-state index contributed by atoms with van der Waals surface area (Å²) in [6.45, 7) is 5.92. The SMILES string of the molecule is CC1(CNC(=O)N2CCCC(c3nc4ccccc4[nH]3)C2)CCOC1. The molecule has 0 saturated carbocycles. The smallest absolute Gasteiger partial charge is 0.317 e. The normalized spacial score (nSPS) is 26.9. The number of piperidine rings is 1. The van der Waals surface area contributed by atoms with Gasteiger partial charge in [0.25, 0.3) is 0 Å². The third-order valence-electron chi connectivity index (χ3n) is 5.47. The van der Waals surface area contributed by atoms with Crippen LogP contribution < -0.4 is 5.32 Å². The van der Waals surface area contributed by atoms with Crippen molar-refractivity contribution in [1.29, 1.82) is 0 Å². The third-order valence-corrected chi connectivity index (χ3v) is 5.47. The van der Waals surface area contributed by atoms with Crippen molar-refractivity contribution in [3.8, 4) is 0 Å². The monoisotopic (exact) mass is 342 g/mol. The molecule has 2 aromatic rings. The van der Waals surface area contributed by atoms with Crippen molar-refractivity contribution in [3.63, 3.8) is 0 Å². The fourth-order valence-corrected chi connectivity index (χ4v) is 3.80. The Morgan fingerprint density at radius 3 is 3.16 bits per heavy atom. The van der Waals surface area contributed by atoms with E-state index in [1.807, 2.05) is 29.2 Å². The van der Waals surface area contributed by atoms with E-state index in [9.17, 15) is 4.79 Å². The number of imidazole rings is 1. The second-order valence-corrected chi connectivity index (χ2v) is 7.70. The van der Waals surface area contributed by atoms with Crippen LogP contribution in [0.15, 0.2) is 24.3 Å². The largest absolute Gasteiger partial charge is 0.381 e. The molecule has 6 nitrogen and oxygen atoms in total. The van der Waals surface area contributed by atoms with Crippen LogP contribution in [0.2, 0.25) is 0 Å². The Bertz CT molecular complexity index is 718. The predicted octanol–water partition coefficient (Wildman–Crippen LogP) is 2.88. The van der Waals surface area contributed by atoms with Gasteiger partial charge >= 0.3 is 6.03 Å². The van der Waals surface area contributed by atoms with E-state index in [0.717, 1.165) is 62.4 Å². The molecule has 2 unspecified atom stereocenters. The number of urea groups is 1. The summed E-state index contributed by atoms with van der Waals surface area (Å²) in [5, 5.41) is 3.11. The van der Waals surface area contributed by atoms with Crippen molar-refractivity contribution >= 4 is 17.1 Å². The second kappa shape index (κ2) is 6.67. The number of rotatable bonds is 3. The van der Waals surface area contributed by atoms with Crippen LogP contribution in [0.3, 0.4) is 0 Å². The van der Waals surface area contributed by atoms with Gasteiger partial charge in [0.2, 0.25) is 0 Å². The zero-order valence-corrected chi connectivity index (χ0v) is 14.8. The molecule has 3 heterocycles. The highest BCUT2D eigenvalue weighted by Gasteiger charge is 2.32. The van der Waals surface area contributed by atoms with E-state index in [1.165, 1.54) is 0 Å². The first-order chi connectivity index (χ1) is 12.1. The number of nitrogens with zero attached hydrogens (tertiary/aromatic N) is 2. The molecule has 2 amide bonds. The molecular formula is C19H26N4O2. The molecule has 0 bridgehead atoms. The lowest BCUT2D eigenvalue weighted by Crippen LogP contribution is -2.47. The van der Waals surface area contributed by atoms with Gasteiger partial charge in [-0.3, -0.25) is 0 Å². The van der Waals surface area contributed by atoms with Crippen LogP contribution in [-0.4, -0.2) is 53.7 Å². The maximum atomic E-state index is 12.6. The Morgan fingerprint density at radius 2 is 2.36 bits per heavy atom. The maximum Gasteiger partial charge on any atom is 0.317 e. The van der Waals surface area contributed by atoms with E-state index in [2.05, 4.69) is 17.2 Å². The summed E-state index contributed by atoms with van der Waals surface area (Å²) in [7, 11) is 0. The molecule has 2 atom stereocenters. The number of likely N-dealkylation sites (tertiary alicyclic amines) is 1. The maximum absolute atomic E-state index is 12.6. The molecule has 0 spiro atoms. The van der Waals surface area contributed by atoms with Crippen molar-refractivity contribution in [2.45, 2.75) is 32.1 Å². The van der Waals surface area contributed by atoms with E-state index >= 15 is 0 Å². The van der Waals surface area contributed by atoms with Crippen LogP contribution in [0.1, 0.15) is 37.9 Å². The molecule has 2 fully saturated rings. The summed E-state index contributed by atoms with van der Waals surface area (Å²) in [5.74, 6) is 1.27. The average molecular weight is 342 g/mol. The molecule has 2 saturated heterocycles. The van der Waals surface area contributed by atoms with Crippen LogP contribution in [0, 0.1) is 5.41 Å². The van der Waals surface area contributed by atoms with Gasteiger partial charge in [-0.25, -0.2) is 9.78 Å². The Morgan fingerprint density at radius 1 is 1.48 bits per heavy atom. The van der Waals surface area contributed by atoms with E-state index in [1.54, 1.807) is 0 Å². The van der Waals surface area contributed by atoms with Crippen molar-refractivity contribution in [2.75, 3.05) is 32.8 Å². The zero-order chi connectivity index (χ0) is 17.3. The Balaban J connectivity index is 1.39. The van der Waals surface area contributed by atoms with Crippen LogP contribution in [0.5, 0.6) is 0 Å². The first-order valence-electron chi connectivity index (χ1n) is 9.18. The van der Waals surface area contributed by atoms with Crippen molar-refractivity contribution in [2.24, 2.45) is 5.41 Å². The summed E-state index contributed by atoms with van der Waals surface area (Å²) < 4.78 is 5.46. The van der Waals surface area contributed by atoms with Gasteiger partial charge in [-0.1, -0.05) is 19.1 Å². The quantitative estimate of drug-likeness (QED) is 0.901. The van der Waals surface area contributed by atoms with Gasteiger partial charge in [-0.2, -0.15) is 0 Å². The van der Waals surface area contributed by atoms with Gasteiger partial charge in [-0.05, 0) is 31.4 Å². The molecule has 4 rings (SSSR count). The molecular weight excluding hydrogens is 316 g/mol. The Labute approximate surface area is 147 Å². The molecule has 2 aliphatic rings. The van der Waals surface area contributed by atoms with Gasteiger partial charge in [0, 0.05) is 37.6 Å². The predicted molar refractivity (Wildman–Crippen MR) is 96.6 cm³/mol. The average Bonchev–Trinajstić information content (AvgIpc) is 3.26. The highest BCUT2D eigenvalue weighted by atomic mass is 16.5. The number of fused-ring (bicyclic) bond motifs is 1. The lowest BCUT2D eigenvalue weighted by atomic mass is 9.90. The van der Waals surface area contributed by atoms with Gasteiger partial charge in [0.05, 0.1) is 17.6 Å². The van der Waals surface area contributed by atoms with E-state index in [4.69, 9.17) is 9.72 Å². The first-order valence-corrected chi connectivity index (χ1v) is 9.18. The summed E-state index contributed by atoms with van der Waals surface area (Å²) in [5.41, 5.74) is 2.13. The first kappa shape index (κ1) is 16.4. The number of ether oxygens (including phenoxy) is 1. The van der Waals surface area contributed by atoms with E-state index in [-0.39, 0.29) is 17.4 Å². The number of para-hydroxylation sites is 2. The van der Waals surface area contributed by atoms with Gasteiger partial charge in [0.15, 0.2) is 0 Å². The minimum Gasteiger partial charge on any atom is -0.381 e. The lowest BCUT2D eigenvalue weighted by Gasteiger charge is -2.33. The van der Waals surface area contributed by atoms with Crippen LogP contribution in [0.4, 0.5) is 4.79 Å². The van der Waals surface area contributed by atoms with Gasteiger partial charge in [0.1, 0.15) is 5.82 Å². The molecule has 0 aliphatic carbocycles. The Kier molecular flexibility index (Phi) is 4.37. The van der Waals surface area contributed by atoms with Crippen molar-refractivity contribution < 1.29 is 9.53 Å². The number of benzene rings is 1. The molecule has 1 aromatic heterocycles. The third kappa shape index (κ3) is 3.49. The molecule has 1 aromatic carbocycles. The summed E-state index contributed by atoms with van der Waals surface area (Å²) >= 11 is 0. The minimum atomic E-state index is 0.0361. The number of aromatic amines is 1. The van der Waals surface area contributed by atoms with Gasteiger partial charge in [-0.15, -0.1) is 0 Å². The van der Waals surface area contributed by atoms with Crippen LogP contribution in [0.25, 0.3) is 11.0 Å². The number of carbonyl (C=O) groups excluding carboxylic acids is 1. The number of aromatic nitrogens is 2. The Hall–Kier alpha value is -2.08. The standard InChI is InChI=1S/C19H26N4O2/c1-19(8-10-25-13-19)12-20-18(24)23-9-4-5-14(11-23)17-21-15-6-2-3-7-16(15)22-17/h2-3,6-7,14H,4-5,8-13H2,1H3,(H,20,24)(H,21,22). The topological polar surface area (TPSA) is 70.2 Å². The number of hydrogen-bond acceptors (Lipinski definition) is 3. The van der Waals surface area contributed by atoms with Crippen molar-refractivity contribution in [3.05, 3.63) is 30.1 Å². The number of carbonyl (C=O) groups is 1. The molecule has 2 N–H and O–H groups in total. The minimum absolute atomic E-state index is 0.0361. The molecule has 6 heteroatoms. The number of nitrogens with one attached hydrogen (secondary N) is 2. The second-order valence-electron chi connectivity index (χ2n) is 7.70. The van der Waals surface area contributed by atoms with Gasteiger partial charge < -0.3 is 19.9 Å². The molecule has 0 radical (unpaired) electrons. The fraction of sp³-hybridized carbons (Fsp3) is 0.579. The number of H-pyrrole nitrogens is 1. The molecule has 2 aliphatic heterocycles. The van der Waals surface area contributed by atoms with Crippen molar-refractivity contribution in [1.82, 2.24) is 20.2 Å². The van der Waals surface area contributed by atoms with E-state index < -0.39 is 0 Å². The summed E-state index contributed by atoms with van der Waals surface area (Å²) in [4.78, 5) is 22.7. The number of hydrogen-bond donors (Lipinski definition) is 2. The summed E-state index contributed by atoms with van der Waals surface area (Å²) in [6.07, 6.45) is 3.08. The van der Waals surface area contributed by atoms with Crippen LogP contribution >= 0.6 is 0 Å². The molecule has 134 valence electrons. The fourth-order valence-electron chi connectivity index (χ4n) is 3.80.